The van der Waals surface area contributed by atoms with E-state index in [0.29, 0.717) is 28.2 Å². The fourth-order valence-electron chi connectivity index (χ4n) is 4.93. The van der Waals surface area contributed by atoms with Crippen molar-refractivity contribution in [2.75, 3.05) is 35.6 Å². The number of benzene rings is 2. The van der Waals surface area contributed by atoms with Gasteiger partial charge in [0.1, 0.15) is 17.4 Å². The lowest BCUT2D eigenvalue weighted by atomic mass is 9.96. The van der Waals surface area contributed by atoms with Gasteiger partial charge >= 0.3 is 0 Å². The maximum atomic E-state index is 16.2. The minimum absolute atomic E-state index is 0.00410. The summed E-state index contributed by atoms with van der Waals surface area (Å²) in [5, 5.41) is 4.33. The second-order valence-corrected chi connectivity index (χ2v) is 10.1. The number of hydrogen-bond donors (Lipinski definition) is 2. The number of anilines is 3. The number of halogens is 3. The number of thiophene rings is 1. The largest absolute Gasteiger partial charge is 0.391 e. The van der Waals surface area contributed by atoms with Crippen LogP contribution in [0.25, 0.3) is 32.1 Å². The van der Waals surface area contributed by atoms with E-state index in [2.05, 4.69) is 10.3 Å². The first-order valence-corrected chi connectivity index (χ1v) is 11.8. The smallest absolute Gasteiger partial charge is 0.250 e. The second kappa shape index (κ2) is 7.49. The molecule has 0 aliphatic carbocycles. The third kappa shape index (κ3) is 2.93. The molecule has 2 aromatic carbocycles. The fraction of sp³-hybridized carbons (Fsp3) is 0.250. The van der Waals surface area contributed by atoms with Gasteiger partial charge in [-0.15, -0.1) is 11.3 Å². The summed E-state index contributed by atoms with van der Waals surface area (Å²) >= 11 is 7.73. The number of likely N-dealkylation sites (N-methyl/N-ethyl adjacent to an activating group) is 1. The number of nitrogens with two attached hydrogens (primary N) is 1. The van der Waals surface area contributed by atoms with Crippen LogP contribution in [0.2, 0.25) is 5.02 Å². The molecule has 1 fully saturated rings. The highest BCUT2D eigenvalue weighted by Gasteiger charge is 2.41. The number of nitrogens with one attached hydrogen (secondary N) is 1. The first-order chi connectivity index (χ1) is 17.5. The van der Waals surface area contributed by atoms with Crippen LogP contribution in [0.3, 0.4) is 0 Å². The number of fused-ring (bicyclic) bond motifs is 6. The zero-order valence-corrected chi connectivity index (χ0v) is 19.4. The third-order valence-corrected chi connectivity index (χ3v) is 7.74. The van der Waals surface area contributed by atoms with Gasteiger partial charge < -0.3 is 20.9 Å². The van der Waals surface area contributed by atoms with Gasteiger partial charge in [-0.25, -0.2) is 8.78 Å². The molecule has 6 rings (SSSR count). The minimum Gasteiger partial charge on any atom is -0.391 e. The lowest BCUT2D eigenvalue weighted by molar-refractivity contribution is -0.120. The van der Waals surface area contributed by atoms with Crippen molar-refractivity contribution in [3.05, 3.63) is 47.1 Å². The van der Waals surface area contributed by atoms with Gasteiger partial charge in [0.15, 0.2) is 5.82 Å². The van der Waals surface area contributed by atoms with Crippen molar-refractivity contribution in [2.45, 2.75) is 19.0 Å². The fourth-order valence-corrected chi connectivity index (χ4v) is 6.08. The Hall–Kier alpha value is -3.01. The normalized spacial score (nSPS) is 21.9. The maximum absolute atomic E-state index is 16.2. The zero-order valence-electron chi connectivity index (χ0n) is 20.8. The Morgan fingerprint density at radius 2 is 2.15 bits per heavy atom. The number of nitrogen functional groups attached to an aromatic ring is 1. The molecule has 2 aromatic heterocycles. The second-order valence-electron chi connectivity index (χ2n) is 8.57. The van der Waals surface area contributed by atoms with Gasteiger partial charge in [-0.05, 0) is 30.7 Å². The standard InChI is InChI=1S/C24H20ClF2N5OS/c1-10-9-32-17(8-29-10)24(33)31(2)16-7-30-21-13(22(16)32)5-14(25)19(20(21)27)11-3-4-15(26)23-12(11)6-18(28)34-23/h3-7,10,17,29H,8-9,28H2,1-2H3/t10-,17-/m1/s1/i2D3. The van der Waals surface area contributed by atoms with Crippen LogP contribution in [0.5, 0.6) is 0 Å². The van der Waals surface area contributed by atoms with Crippen molar-refractivity contribution in [1.82, 2.24) is 10.3 Å². The number of aromatic nitrogens is 1. The van der Waals surface area contributed by atoms with Crippen LogP contribution in [0, 0.1) is 11.6 Å². The number of amides is 1. The first-order valence-electron chi connectivity index (χ1n) is 12.1. The van der Waals surface area contributed by atoms with Crippen LogP contribution >= 0.6 is 22.9 Å². The summed E-state index contributed by atoms with van der Waals surface area (Å²) in [6, 6.07) is 4.99. The number of pyridine rings is 1. The van der Waals surface area contributed by atoms with Crippen molar-refractivity contribution in [2.24, 2.45) is 0 Å². The van der Waals surface area contributed by atoms with Gasteiger partial charge in [0, 0.05) is 46.6 Å². The van der Waals surface area contributed by atoms with E-state index >= 15 is 4.39 Å². The highest BCUT2D eigenvalue weighted by atomic mass is 35.5. The third-order valence-electron chi connectivity index (χ3n) is 6.47. The van der Waals surface area contributed by atoms with E-state index in [1.165, 1.54) is 24.4 Å². The Morgan fingerprint density at radius 1 is 1.32 bits per heavy atom. The number of rotatable bonds is 1. The summed E-state index contributed by atoms with van der Waals surface area (Å²) in [5.41, 5.74) is 6.72. The van der Waals surface area contributed by atoms with E-state index in [9.17, 15) is 9.18 Å². The van der Waals surface area contributed by atoms with Gasteiger partial charge in [0.2, 0.25) is 0 Å². The molecule has 0 radical (unpaired) electrons. The average molecular weight is 503 g/mol. The van der Waals surface area contributed by atoms with E-state index in [1.807, 2.05) is 6.92 Å². The van der Waals surface area contributed by atoms with Crippen molar-refractivity contribution in [3.63, 3.8) is 0 Å². The van der Waals surface area contributed by atoms with E-state index in [0.717, 1.165) is 16.2 Å². The first kappa shape index (κ1) is 18.3. The molecule has 2 atom stereocenters. The molecule has 0 saturated carbocycles. The van der Waals surface area contributed by atoms with Crippen molar-refractivity contribution < 1.29 is 17.7 Å². The number of carbonyl (C=O) groups is 1. The molecule has 34 heavy (non-hydrogen) atoms. The van der Waals surface area contributed by atoms with Crippen molar-refractivity contribution >= 4 is 66.2 Å². The minimum atomic E-state index is -2.77. The lowest BCUT2D eigenvalue weighted by Gasteiger charge is -2.46. The Morgan fingerprint density at radius 3 is 2.94 bits per heavy atom. The van der Waals surface area contributed by atoms with Crippen LogP contribution in [0.15, 0.2) is 30.5 Å². The molecule has 2 aliphatic heterocycles. The summed E-state index contributed by atoms with van der Waals surface area (Å²) in [6.45, 7) is -0.197. The number of carbonyl (C=O) groups excluding carboxylic acids is 1. The number of nitrogens with zero attached hydrogens (tertiary/aromatic N) is 3. The molecule has 174 valence electrons. The molecule has 0 unspecified atom stereocenters. The Kier molecular flexibility index (Phi) is 4.04. The number of piperazine rings is 1. The number of hydrogen-bond acceptors (Lipinski definition) is 6. The van der Waals surface area contributed by atoms with E-state index < -0.39 is 30.6 Å². The molecule has 1 saturated heterocycles. The van der Waals surface area contributed by atoms with Gasteiger partial charge in [-0.2, -0.15) is 0 Å². The molecule has 0 bridgehead atoms. The van der Waals surface area contributed by atoms with Crippen LogP contribution in [0.4, 0.5) is 25.2 Å². The SMILES string of the molecule is [2H]C([2H])([2H])N1C(=O)[C@H]2CN[C@H](C)CN2c2c1cnc1c(F)c(-c3ccc(F)c4sc(N)cc34)c(Cl)cc21. The molecule has 6 nitrogen and oxygen atoms in total. The van der Waals surface area contributed by atoms with Gasteiger partial charge in [0.25, 0.3) is 5.91 Å². The highest BCUT2D eigenvalue weighted by molar-refractivity contribution is 7.22. The van der Waals surface area contributed by atoms with Gasteiger partial charge in [-0.3, -0.25) is 9.78 Å². The molecule has 0 spiro atoms. The average Bonchev–Trinajstić information content (AvgIpc) is 3.21. The highest BCUT2D eigenvalue weighted by Crippen LogP contribution is 2.47. The van der Waals surface area contributed by atoms with Crippen molar-refractivity contribution in [1.29, 1.82) is 0 Å². The molecule has 4 heterocycles. The topological polar surface area (TPSA) is 74.5 Å². The van der Waals surface area contributed by atoms with Crippen LogP contribution in [-0.4, -0.2) is 43.0 Å². The maximum Gasteiger partial charge on any atom is 0.250 e. The van der Waals surface area contributed by atoms with Gasteiger partial charge in [-0.1, -0.05) is 17.7 Å². The quantitative estimate of drug-likeness (QED) is 0.392. The van der Waals surface area contributed by atoms with Crippen LogP contribution < -0.4 is 20.9 Å². The molecule has 10 heteroatoms. The summed E-state index contributed by atoms with van der Waals surface area (Å²) in [7, 11) is 0. The molecule has 2 aliphatic rings. The molecule has 4 aromatic rings. The lowest BCUT2D eigenvalue weighted by Crippen LogP contribution is -2.63. The predicted octanol–water partition coefficient (Wildman–Crippen LogP) is 4.77. The van der Waals surface area contributed by atoms with Crippen LogP contribution in [0.1, 0.15) is 11.0 Å². The molecular formula is C24H20ClF2N5OS. The summed E-state index contributed by atoms with van der Waals surface area (Å²) in [4.78, 5) is 20.1. The molecule has 1 amide bonds. The monoisotopic (exact) mass is 502 g/mol. The van der Waals surface area contributed by atoms with E-state index in [-0.39, 0.29) is 44.5 Å². The molecule has 3 N–H and O–H groups in total. The molecular weight excluding hydrogens is 480 g/mol. The Labute approximate surface area is 207 Å². The predicted molar refractivity (Wildman–Crippen MR) is 134 cm³/mol. The summed E-state index contributed by atoms with van der Waals surface area (Å²) in [5.74, 6) is -1.79. The summed E-state index contributed by atoms with van der Waals surface area (Å²) in [6.07, 6.45) is 1.22. The Balaban J connectivity index is 1.65. The summed E-state index contributed by atoms with van der Waals surface area (Å²) < 4.78 is 54.9. The Bertz CT molecular complexity index is 1630. The van der Waals surface area contributed by atoms with Crippen molar-refractivity contribution in [3.8, 4) is 11.1 Å². The zero-order chi connectivity index (χ0) is 26.4. The van der Waals surface area contributed by atoms with E-state index in [4.69, 9.17) is 21.4 Å². The van der Waals surface area contributed by atoms with E-state index in [1.54, 1.807) is 11.0 Å². The van der Waals surface area contributed by atoms with Crippen LogP contribution in [-0.2, 0) is 4.79 Å². The van der Waals surface area contributed by atoms with Gasteiger partial charge in [0.05, 0.1) is 32.3 Å².